The number of nitrogens with one attached hydrogen (secondary N) is 1. The van der Waals surface area contributed by atoms with E-state index in [4.69, 9.17) is 24.8 Å². The van der Waals surface area contributed by atoms with E-state index in [1.807, 2.05) is 30.5 Å². The lowest BCUT2D eigenvalue weighted by Gasteiger charge is -2.26. The molecule has 118 valence electrons. The lowest BCUT2D eigenvalue weighted by molar-refractivity contribution is -0.743. The van der Waals surface area contributed by atoms with Gasteiger partial charge in [0.15, 0.2) is 11.5 Å². The molecule has 0 aliphatic carbocycles. The van der Waals surface area contributed by atoms with Gasteiger partial charge in [-0.1, -0.05) is 12.1 Å². The van der Waals surface area contributed by atoms with Crippen LogP contribution in [0, 0.1) is 15.3 Å². The molecule has 2 atom stereocenters. The van der Waals surface area contributed by atoms with Gasteiger partial charge in [-0.3, -0.25) is 4.90 Å². The summed E-state index contributed by atoms with van der Waals surface area (Å²) < 4.78 is 11.6. The van der Waals surface area contributed by atoms with Crippen LogP contribution in [0.4, 0.5) is 0 Å². The zero-order valence-electron chi connectivity index (χ0n) is 12.1. The van der Waals surface area contributed by atoms with Crippen molar-refractivity contribution in [2.75, 3.05) is 13.2 Å². The van der Waals surface area contributed by atoms with Gasteiger partial charge in [-0.2, -0.15) is 0 Å². The van der Waals surface area contributed by atoms with Crippen LogP contribution in [0.25, 0.3) is 0 Å². The van der Waals surface area contributed by atoms with Crippen molar-refractivity contribution >= 4 is 5.84 Å². The van der Waals surface area contributed by atoms with Gasteiger partial charge in [0.25, 0.3) is 0 Å². The number of aliphatic imine (C=N–C) groups is 1. The van der Waals surface area contributed by atoms with Crippen molar-refractivity contribution in [2.24, 2.45) is 4.99 Å². The van der Waals surface area contributed by atoms with Crippen molar-refractivity contribution in [2.45, 2.75) is 19.4 Å². The largest absolute Gasteiger partial charge is 0.486 e. The lowest BCUT2D eigenvalue weighted by Crippen LogP contribution is -3.09. The fourth-order valence-corrected chi connectivity index (χ4v) is 2.28. The minimum Gasteiger partial charge on any atom is -0.486 e. The van der Waals surface area contributed by atoms with Crippen LogP contribution < -0.4 is 14.4 Å². The molecule has 2 heterocycles. The Hall–Kier alpha value is -2.61. The van der Waals surface area contributed by atoms with Crippen LogP contribution in [-0.4, -0.2) is 30.2 Å². The molecular weight excluding hydrogens is 290 g/mol. The van der Waals surface area contributed by atoms with E-state index in [9.17, 15) is 0 Å². The first-order valence-electron chi connectivity index (χ1n) is 6.89. The standard InChI is InChI=1S/C14H16N2O2.NO3/c1-2-16-8-7-15-14(16)9-11-10-17-12-5-3-4-6-13(12)18-11;2-1(3)4/h3-8,11H,2,9-10H2,1H3;/q;-1/p+1. The highest BCUT2D eigenvalue weighted by Crippen LogP contribution is 2.31. The van der Waals surface area contributed by atoms with Crippen LogP contribution in [0.15, 0.2) is 41.7 Å². The number of nitrogens with zero attached hydrogens (tertiary/aromatic N) is 2. The average molecular weight is 307 g/mol. The number of hydrogen-bond acceptors (Lipinski definition) is 6. The Bertz CT molecular complexity index is 584. The quantitative estimate of drug-likeness (QED) is 0.656. The van der Waals surface area contributed by atoms with Crippen LogP contribution in [0.1, 0.15) is 13.3 Å². The predicted octanol–water partition coefficient (Wildman–Crippen LogP) is 0.765. The van der Waals surface area contributed by atoms with Crippen LogP contribution in [0.3, 0.4) is 0 Å². The van der Waals surface area contributed by atoms with Crippen molar-refractivity contribution in [1.29, 1.82) is 0 Å². The number of ether oxygens (including phenoxy) is 2. The molecule has 8 nitrogen and oxygen atoms in total. The van der Waals surface area contributed by atoms with Gasteiger partial charge in [-0.15, -0.1) is 0 Å². The van der Waals surface area contributed by atoms with E-state index in [-0.39, 0.29) is 6.10 Å². The summed E-state index contributed by atoms with van der Waals surface area (Å²) in [5, 5.41) is 14.8. The van der Waals surface area contributed by atoms with E-state index in [2.05, 4.69) is 18.1 Å². The van der Waals surface area contributed by atoms with Gasteiger partial charge in [-0.25, -0.2) is 4.99 Å². The van der Waals surface area contributed by atoms with Crippen molar-refractivity contribution in [1.82, 2.24) is 0 Å². The van der Waals surface area contributed by atoms with Gasteiger partial charge in [0.05, 0.1) is 24.3 Å². The van der Waals surface area contributed by atoms with E-state index < -0.39 is 5.09 Å². The molecule has 1 aromatic carbocycles. The zero-order chi connectivity index (χ0) is 15.9. The highest BCUT2D eigenvalue weighted by molar-refractivity contribution is 5.76. The van der Waals surface area contributed by atoms with Gasteiger partial charge in [0.1, 0.15) is 18.9 Å². The summed E-state index contributed by atoms with van der Waals surface area (Å²) in [5.74, 6) is 2.80. The van der Waals surface area contributed by atoms with Gasteiger partial charge in [-0.05, 0) is 19.1 Å². The molecule has 0 radical (unpaired) electrons. The molecule has 0 aromatic heterocycles. The number of amidine groups is 1. The van der Waals surface area contributed by atoms with E-state index in [0.717, 1.165) is 30.3 Å². The number of hydrogen-bond donors (Lipinski definition) is 1. The Balaban J connectivity index is 0.000000396. The summed E-state index contributed by atoms with van der Waals surface area (Å²) in [6.07, 6.45) is 4.81. The zero-order valence-corrected chi connectivity index (χ0v) is 12.1. The Labute approximate surface area is 127 Å². The molecule has 2 unspecified atom stereocenters. The van der Waals surface area contributed by atoms with Gasteiger partial charge < -0.3 is 24.8 Å². The number of quaternary nitrogens is 1. The maximum Gasteiger partial charge on any atom is 0.209 e. The van der Waals surface area contributed by atoms with Gasteiger partial charge in [0, 0.05) is 0 Å². The fourth-order valence-electron chi connectivity index (χ4n) is 2.28. The SMILES string of the molecule is CC[NH+]1C=CN=C1CC1COc2ccccc2O1.O=[N+]([O-])[O-]. The fraction of sp³-hybridized carbons (Fsp3) is 0.357. The second-order valence-corrected chi connectivity index (χ2v) is 4.70. The number of fused-ring (bicyclic) bond motifs is 1. The highest BCUT2D eigenvalue weighted by atomic mass is 16.9. The Morgan fingerprint density at radius 2 is 2.05 bits per heavy atom. The highest BCUT2D eigenvalue weighted by Gasteiger charge is 2.27. The molecule has 0 amide bonds. The third-order valence-electron chi connectivity index (χ3n) is 3.25. The number of rotatable bonds is 3. The molecule has 0 fully saturated rings. The lowest BCUT2D eigenvalue weighted by atomic mass is 10.2. The van der Waals surface area contributed by atoms with Crippen molar-refractivity contribution in [3.63, 3.8) is 0 Å². The van der Waals surface area contributed by atoms with E-state index in [1.54, 1.807) is 0 Å². The van der Waals surface area contributed by atoms with E-state index in [0.29, 0.717) is 6.61 Å². The first-order chi connectivity index (χ1) is 10.6. The summed E-state index contributed by atoms with van der Waals surface area (Å²) in [4.78, 5) is 14.0. The molecule has 0 bridgehead atoms. The predicted molar refractivity (Wildman–Crippen MR) is 79.4 cm³/mol. The molecule has 2 aliphatic heterocycles. The Kier molecular flexibility index (Phi) is 5.31. The number of para-hydroxylation sites is 2. The Morgan fingerprint density at radius 1 is 1.36 bits per heavy atom. The van der Waals surface area contributed by atoms with Crippen LogP contribution >= 0.6 is 0 Å². The molecule has 1 N–H and O–H groups in total. The third-order valence-corrected chi connectivity index (χ3v) is 3.25. The summed E-state index contributed by atoms with van der Waals surface area (Å²) in [6, 6.07) is 7.80. The summed E-state index contributed by atoms with van der Waals surface area (Å²) in [7, 11) is 0. The second-order valence-electron chi connectivity index (χ2n) is 4.70. The first-order valence-corrected chi connectivity index (χ1v) is 6.89. The summed E-state index contributed by atoms with van der Waals surface area (Å²) >= 11 is 0. The molecule has 3 rings (SSSR count). The second kappa shape index (κ2) is 7.41. The molecule has 8 heteroatoms. The third kappa shape index (κ3) is 4.19. The maximum atomic E-state index is 8.25. The molecule has 0 saturated carbocycles. The summed E-state index contributed by atoms with van der Waals surface area (Å²) in [5.41, 5.74) is 0. The van der Waals surface area contributed by atoms with Crippen molar-refractivity contribution in [3.8, 4) is 11.5 Å². The topological polar surface area (TPSA) is 101 Å². The number of benzene rings is 1. The molecule has 2 aliphatic rings. The monoisotopic (exact) mass is 307 g/mol. The van der Waals surface area contributed by atoms with E-state index in [1.165, 1.54) is 4.90 Å². The van der Waals surface area contributed by atoms with Crippen LogP contribution in [0.2, 0.25) is 0 Å². The minimum absolute atomic E-state index is 0.0556. The van der Waals surface area contributed by atoms with Gasteiger partial charge in [0.2, 0.25) is 5.84 Å². The van der Waals surface area contributed by atoms with Crippen LogP contribution in [0.5, 0.6) is 11.5 Å². The molecule has 1 aromatic rings. The van der Waals surface area contributed by atoms with Crippen LogP contribution in [-0.2, 0) is 0 Å². The molecule has 0 spiro atoms. The molecule has 0 saturated heterocycles. The minimum atomic E-state index is -1.75. The normalized spacial score (nSPS) is 21.6. The Morgan fingerprint density at radius 3 is 2.73 bits per heavy atom. The molecule has 22 heavy (non-hydrogen) atoms. The summed E-state index contributed by atoms with van der Waals surface area (Å²) in [6.45, 7) is 3.75. The van der Waals surface area contributed by atoms with Crippen molar-refractivity contribution in [3.05, 3.63) is 52.0 Å². The van der Waals surface area contributed by atoms with Gasteiger partial charge >= 0.3 is 0 Å². The van der Waals surface area contributed by atoms with E-state index >= 15 is 0 Å². The molecular formula is C14H17N3O5. The first kappa shape index (κ1) is 15.8. The smallest absolute Gasteiger partial charge is 0.209 e. The van der Waals surface area contributed by atoms with Crippen molar-refractivity contribution < 1.29 is 19.5 Å². The maximum absolute atomic E-state index is 8.25. The average Bonchev–Trinajstić information content (AvgIpc) is 2.94.